The average molecular weight is 282 g/mol. The minimum atomic E-state index is -0.433. The molecule has 0 fully saturated rings. The zero-order valence-corrected chi connectivity index (χ0v) is 11.0. The highest BCUT2D eigenvalue weighted by atomic mass is 35.5. The van der Waals surface area contributed by atoms with Gasteiger partial charge in [0.1, 0.15) is 11.6 Å². The third kappa shape index (κ3) is 1.97. The van der Waals surface area contributed by atoms with Crippen molar-refractivity contribution in [2.45, 2.75) is 0 Å². The lowest BCUT2D eigenvalue weighted by Gasteiger charge is -2.04. The first-order valence-electron chi connectivity index (χ1n) is 5.92. The molecule has 1 heterocycles. The van der Waals surface area contributed by atoms with Crippen LogP contribution in [0.5, 0.6) is 0 Å². The zero-order chi connectivity index (χ0) is 14.1. The van der Waals surface area contributed by atoms with E-state index in [1.165, 1.54) is 0 Å². The maximum absolute atomic E-state index is 11.8. The van der Waals surface area contributed by atoms with Gasteiger partial charge in [0.2, 0.25) is 0 Å². The Kier molecular flexibility index (Phi) is 3.02. The summed E-state index contributed by atoms with van der Waals surface area (Å²) in [7, 11) is 0. The van der Waals surface area contributed by atoms with Gasteiger partial charge in [-0.1, -0.05) is 41.9 Å². The lowest BCUT2D eigenvalue weighted by atomic mass is 10.0. The fraction of sp³-hybridized carbons (Fsp3) is 0. The van der Waals surface area contributed by atoms with Crippen LogP contribution in [0, 0.1) is 11.3 Å². The number of carbonyl (C=O) groups is 1. The van der Waals surface area contributed by atoms with Gasteiger partial charge in [-0.2, -0.15) is 5.26 Å². The molecule has 3 nitrogen and oxygen atoms in total. The minimum Gasteiger partial charge on any atom is -0.421 e. The Balaban J connectivity index is 2.21. The fourth-order valence-electron chi connectivity index (χ4n) is 2.11. The van der Waals surface area contributed by atoms with E-state index >= 15 is 0 Å². The molecule has 0 aliphatic carbocycles. The summed E-state index contributed by atoms with van der Waals surface area (Å²) in [5.74, 6) is -0.132. The SMILES string of the molecule is N#C/C(=C1\OC(=O)c2ccccc21)c1ccc(Cl)cc1. The molecule has 20 heavy (non-hydrogen) atoms. The van der Waals surface area contributed by atoms with Crippen LogP contribution in [0.4, 0.5) is 0 Å². The summed E-state index contributed by atoms with van der Waals surface area (Å²) in [5, 5.41) is 9.97. The Morgan fingerprint density at radius 1 is 1.05 bits per heavy atom. The minimum absolute atomic E-state index is 0.301. The molecular weight excluding hydrogens is 274 g/mol. The van der Waals surface area contributed by atoms with Gasteiger partial charge in [0, 0.05) is 10.6 Å². The predicted molar refractivity (Wildman–Crippen MR) is 75.7 cm³/mol. The summed E-state index contributed by atoms with van der Waals surface area (Å²) in [6, 6.07) is 15.9. The second-order valence-electron chi connectivity index (χ2n) is 4.26. The maximum Gasteiger partial charge on any atom is 0.344 e. The predicted octanol–water partition coefficient (Wildman–Crippen LogP) is 3.90. The summed E-state index contributed by atoms with van der Waals surface area (Å²) < 4.78 is 5.25. The summed E-state index contributed by atoms with van der Waals surface area (Å²) in [5.41, 5.74) is 2.10. The first-order valence-corrected chi connectivity index (χ1v) is 6.30. The highest BCUT2D eigenvalue weighted by Crippen LogP contribution is 2.35. The van der Waals surface area contributed by atoms with Gasteiger partial charge in [-0.25, -0.2) is 4.79 Å². The molecule has 96 valence electrons. The first kappa shape index (κ1) is 12.5. The van der Waals surface area contributed by atoms with Crippen LogP contribution in [0.3, 0.4) is 0 Å². The molecule has 2 aromatic rings. The smallest absolute Gasteiger partial charge is 0.344 e. The van der Waals surface area contributed by atoms with Crippen molar-refractivity contribution in [2.75, 3.05) is 0 Å². The van der Waals surface area contributed by atoms with Crippen molar-refractivity contribution in [3.8, 4) is 6.07 Å². The normalized spacial score (nSPS) is 15.3. The molecule has 0 radical (unpaired) electrons. The molecule has 0 atom stereocenters. The number of rotatable bonds is 1. The molecule has 0 N–H and O–H groups in total. The van der Waals surface area contributed by atoms with E-state index < -0.39 is 5.97 Å². The van der Waals surface area contributed by atoms with Gasteiger partial charge in [0.25, 0.3) is 0 Å². The molecule has 0 unspecified atom stereocenters. The molecule has 0 saturated carbocycles. The van der Waals surface area contributed by atoms with Gasteiger partial charge in [-0.15, -0.1) is 0 Å². The summed E-state index contributed by atoms with van der Waals surface area (Å²) >= 11 is 5.84. The van der Waals surface area contributed by atoms with Gasteiger partial charge < -0.3 is 4.74 Å². The molecule has 1 aliphatic heterocycles. The fourth-order valence-corrected chi connectivity index (χ4v) is 2.24. The van der Waals surface area contributed by atoms with E-state index in [1.807, 2.05) is 0 Å². The zero-order valence-electron chi connectivity index (χ0n) is 10.3. The van der Waals surface area contributed by atoms with Crippen molar-refractivity contribution >= 4 is 28.9 Å². The number of cyclic esters (lactones) is 1. The standard InChI is InChI=1S/C16H8ClNO2/c17-11-7-5-10(6-8-11)14(9-18)15-12-3-1-2-4-13(12)16(19)20-15/h1-8H/b15-14+. The largest absolute Gasteiger partial charge is 0.421 e. The van der Waals surface area contributed by atoms with E-state index in [1.54, 1.807) is 48.5 Å². The number of carbonyl (C=O) groups excluding carboxylic acids is 1. The number of allylic oxidation sites excluding steroid dienone is 1. The number of nitrogens with zero attached hydrogens (tertiary/aromatic N) is 1. The van der Waals surface area contributed by atoms with E-state index in [2.05, 4.69) is 6.07 Å². The Labute approximate surface area is 120 Å². The summed E-state index contributed by atoms with van der Waals surface area (Å²) in [6.45, 7) is 0. The number of hydrogen-bond donors (Lipinski definition) is 0. The van der Waals surface area contributed by atoms with Crippen LogP contribution < -0.4 is 0 Å². The maximum atomic E-state index is 11.8. The van der Waals surface area contributed by atoms with Crippen molar-refractivity contribution in [1.29, 1.82) is 5.26 Å². The average Bonchev–Trinajstić information content (AvgIpc) is 2.80. The van der Waals surface area contributed by atoms with Crippen LogP contribution in [0.2, 0.25) is 5.02 Å². The summed E-state index contributed by atoms with van der Waals surface area (Å²) in [4.78, 5) is 11.8. The monoisotopic (exact) mass is 281 g/mol. The Hall–Kier alpha value is -2.57. The van der Waals surface area contributed by atoms with Crippen molar-refractivity contribution in [2.24, 2.45) is 0 Å². The molecule has 0 spiro atoms. The number of halogens is 1. The van der Waals surface area contributed by atoms with Crippen LogP contribution in [0.15, 0.2) is 48.5 Å². The van der Waals surface area contributed by atoms with Crippen LogP contribution in [-0.2, 0) is 4.74 Å². The molecule has 0 bridgehead atoms. The highest BCUT2D eigenvalue weighted by Gasteiger charge is 2.29. The molecular formula is C16H8ClNO2. The van der Waals surface area contributed by atoms with Crippen molar-refractivity contribution < 1.29 is 9.53 Å². The lowest BCUT2D eigenvalue weighted by Crippen LogP contribution is -1.93. The van der Waals surface area contributed by atoms with Gasteiger partial charge in [0.15, 0.2) is 5.76 Å². The molecule has 0 amide bonds. The van der Waals surface area contributed by atoms with Crippen LogP contribution in [0.25, 0.3) is 11.3 Å². The number of nitriles is 1. The molecule has 0 saturated heterocycles. The molecule has 1 aliphatic rings. The number of hydrogen-bond acceptors (Lipinski definition) is 3. The van der Waals surface area contributed by atoms with Crippen LogP contribution in [0.1, 0.15) is 21.5 Å². The van der Waals surface area contributed by atoms with Crippen molar-refractivity contribution in [1.82, 2.24) is 0 Å². The van der Waals surface area contributed by atoms with Crippen molar-refractivity contribution in [3.05, 3.63) is 70.2 Å². The van der Waals surface area contributed by atoms with E-state index in [9.17, 15) is 10.1 Å². The second-order valence-corrected chi connectivity index (χ2v) is 4.69. The first-order chi connectivity index (χ1) is 9.70. The number of benzene rings is 2. The van der Waals surface area contributed by atoms with Gasteiger partial charge in [0.05, 0.1) is 5.56 Å². The number of esters is 1. The molecule has 4 heteroatoms. The van der Waals surface area contributed by atoms with Crippen molar-refractivity contribution in [3.63, 3.8) is 0 Å². The van der Waals surface area contributed by atoms with Gasteiger partial charge >= 0.3 is 5.97 Å². The second kappa shape index (κ2) is 4.84. The van der Waals surface area contributed by atoms with Gasteiger partial charge in [-0.05, 0) is 23.8 Å². The molecule has 0 aromatic heterocycles. The molecule has 3 rings (SSSR count). The Bertz CT molecular complexity index is 770. The third-order valence-electron chi connectivity index (χ3n) is 3.06. The number of fused-ring (bicyclic) bond motifs is 1. The number of ether oxygens (including phenoxy) is 1. The van der Waals surface area contributed by atoms with E-state index in [4.69, 9.17) is 16.3 Å². The quantitative estimate of drug-likeness (QED) is 0.588. The van der Waals surface area contributed by atoms with E-state index in [0.717, 1.165) is 0 Å². The summed E-state index contributed by atoms with van der Waals surface area (Å²) in [6.07, 6.45) is 0. The molecule has 2 aromatic carbocycles. The highest BCUT2D eigenvalue weighted by molar-refractivity contribution is 6.30. The Morgan fingerprint density at radius 2 is 1.70 bits per heavy atom. The van der Waals surface area contributed by atoms with E-state index in [0.29, 0.717) is 33.0 Å². The Morgan fingerprint density at radius 3 is 2.35 bits per heavy atom. The third-order valence-corrected chi connectivity index (χ3v) is 3.31. The van der Waals surface area contributed by atoms with Crippen LogP contribution >= 0.6 is 11.6 Å². The van der Waals surface area contributed by atoms with E-state index in [-0.39, 0.29) is 0 Å². The van der Waals surface area contributed by atoms with Gasteiger partial charge in [-0.3, -0.25) is 0 Å². The van der Waals surface area contributed by atoms with Crippen LogP contribution in [-0.4, -0.2) is 5.97 Å². The topological polar surface area (TPSA) is 50.1 Å². The lowest BCUT2D eigenvalue weighted by molar-refractivity contribution is 0.0716.